The highest BCUT2D eigenvalue weighted by Crippen LogP contribution is 2.31. The Bertz CT molecular complexity index is 625. The molecule has 1 fully saturated rings. The summed E-state index contributed by atoms with van der Waals surface area (Å²) in [7, 11) is -3.20. The summed E-state index contributed by atoms with van der Waals surface area (Å²) in [5.41, 5.74) is -1.53. The number of halogens is 3. The zero-order valence-electron chi connectivity index (χ0n) is 10.3. The van der Waals surface area contributed by atoms with Crippen LogP contribution in [0.3, 0.4) is 0 Å². The fraction of sp³-hybridized carbons (Fsp3) is 0.417. The molecule has 1 atom stereocenters. The van der Waals surface area contributed by atoms with E-state index in [0.29, 0.717) is 0 Å². The minimum atomic E-state index is -4.63. The van der Waals surface area contributed by atoms with Crippen molar-refractivity contribution in [2.24, 2.45) is 0 Å². The Hall–Kier alpha value is -1.57. The highest BCUT2D eigenvalue weighted by molar-refractivity contribution is 7.91. The number of carbonyl (C=O) groups is 1. The molecule has 0 bridgehead atoms. The van der Waals surface area contributed by atoms with E-state index in [9.17, 15) is 26.4 Å². The van der Waals surface area contributed by atoms with Crippen molar-refractivity contribution in [3.8, 4) is 0 Å². The second-order valence-electron chi connectivity index (χ2n) is 4.62. The summed E-state index contributed by atoms with van der Waals surface area (Å²) in [6.07, 6.45) is -4.40. The third-order valence-electron chi connectivity index (χ3n) is 3.04. The maximum absolute atomic E-state index is 12.8. The van der Waals surface area contributed by atoms with Crippen molar-refractivity contribution in [3.63, 3.8) is 0 Å². The van der Waals surface area contributed by atoms with E-state index in [1.807, 2.05) is 0 Å². The number of carbonyl (C=O) groups excluding carboxylic acids is 1. The number of benzene rings is 1. The third-order valence-corrected chi connectivity index (χ3v) is 4.81. The van der Waals surface area contributed by atoms with Crippen LogP contribution in [-0.2, 0) is 16.0 Å². The van der Waals surface area contributed by atoms with Gasteiger partial charge in [-0.1, -0.05) is 12.1 Å². The molecular formula is C12H12F3NO3S. The Balaban J connectivity index is 2.19. The fourth-order valence-electron chi connectivity index (χ4n) is 2.10. The van der Waals surface area contributed by atoms with Gasteiger partial charge in [-0.15, -0.1) is 0 Å². The lowest BCUT2D eigenvalue weighted by molar-refractivity contribution is -0.137. The molecule has 0 radical (unpaired) electrons. The molecule has 0 aromatic heterocycles. The van der Waals surface area contributed by atoms with E-state index in [1.165, 1.54) is 12.1 Å². The SMILES string of the molecule is O=C(N[C@@H]1CCS(=O)(=O)C1)c1ccccc1C(F)(F)F. The van der Waals surface area contributed by atoms with Crippen molar-refractivity contribution in [2.45, 2.75) is 18.6 Å². The van der Waals surface area contributed by atoms with Crippen LogP contribution in [0.25, 0.3) is 0 Å². The van der Waals surface area contributed by atoms with Gasteiger partial charge >= 0.3 is 6.18 Å². The van der Waals surface area contributed by atoms with Crippen LogP contribution >= 0.6 is 0 Å². The van der Waals surface area contributed by atoms with Crippen LogP contribution < -0.4 is 5.32 Å². The fourth-order valence-corrected chi connectivity index (χ4v) is 3.77. The van der Waals surface area contributed by atoms with E-state index in [-0.39, 0.29) is 17.9 Å². The molecular weight excluding hydrogens is 295 g/mol. The Labute approximate surface area is 113 Å². The molecule has 1 amide bonds. The first-order chi connectivity index (χ1) is 9.19. The van der Waals surface area contributed by atoms with Crippen LogP contribution in [0.1, 0.15) is 22.3 Å². The van der Waals surface area contributed by atoms with Crippen LogP contribution in [-0.4, -0.2) is 31.9 Å². The normalized spacial score (nSPS) is 21.6. The van der Waals surface area contributed by atoms with Gasteiger partial charge in [-0.05, 0) is 18.6 Å². The van der Waals surface area contributed by atoms with Crippen molar-refractivity contribution >= 4 is 15.7 Å². The number of rotatable bonds is 2. The quantitative estimate of drug-likeness (QED) is 0.903. The lowest BCUT2D eigenvalue weighted by Crippen LogP contribution is -2.36. The van der Waals surface area contributed by atoms with E-state index >= 15 is 0 Å². The van der Waals surface area contributed by atoms with Crippen molar-refractivity contribution in [1.29, 1.82) is 0 Å². The molecule has 20 heavy (non-hydrogen) atoms. The topological polar surface area (TPSA) is 63.2 Å². The lowest BCUT2D eigenvalue weighted by atomic mass is 10.1. The predicted molar refractivity (Wildman–Crippen MR) is 66.0 cm³/mol. The van der Waals surface area contributed by atoms with Gasteiger partial charge in [0.05, 0.1) is 22.6 Å². The van der Waals surface area contributed by atoms with Crippen LogP contribution in [0.5, 0.6) is 0 Å². The average Bonchev–Trinajstić information content (AvgIpc) is 2.67. The number of hydrogen-bond donors (Lipinski definition) is 1. The van der Waals surface area contributed by atoms with Crippen molar-refractivity contribution in [1.82, 2.24) is 5.32 Å². The number of hydrogen-bond acceptors (Lipinski definition) is 3. The smallest absolute Gasteiger partial charge is 0.348 e. The Morgan fingerprint density at radius 1 is 1.25 bits per heavy atom. The van der Waals surface area contributed by atoms with Gasteiger partial charge in [0.25, 0.3) is 5.91 Å². The molecule has 1 aromatic carbocycles. The molecule has 0 spiro atoms. The van der Waals surface area contributed by atoms with E-state index in [2.05, 4.69) is 5.32 Å². The molecule has 0 aliphatic carbocycles. The van der Waals surface area contributed by atoms with Gasteiger partial charge in [-0.25, -0.2) is 8.42 Å². The van der Waals surface area contributed by atoms with Crippen molar-refractivity contribution in [3.05, 3.63) is 35.4 Å². The summed E-state index contributed by atoms with van der Waals surface area (Å²) in [4.78, 5) is 11.9. The van der Waals surface area contributed by atoms with E-state index in [1.54, 1.807) is 0 Å². The van der Waals surface area contributed by atoms with Crippen molar-refractivity contribution in [2.75, 3.05) is 11.5 Å². The Morgan fingerprint density at radius 3 is 2.45 bits per heavy atom. The third kappa shape index (κ3) is 3.30. The molecule has 2 rings (SSSR count). The molecule has 1 aromatic rings. The molecule has 0 saturated carbocycles. The van der Waals surface area contributed by atoms with Crippen LogP contribution in [0.4, 0.5) is 13.2 Å². The first-order valence-corrected chi connectivity index (χ1v) is 7.69. The molecule has 4 nitrogen and oxygen atoms in total. The van der Waals surface area contributed by atoms with Gasteiger partial charge in [0.1, 0.15) is 0 Å². The summed E-state index contributed by atoms with van der Waals surface area (Å²) in [6, 6.07) is 3.78. The number of sulfone groups is 1. The molecule has 1 heterocycles. The summed E-state index contributed by atoms with van der Waals surface area (Å²) in [5.74, 6) is -1.19. The van der Waals surface area contributed by atoms with Crippen LogP contribution in [0.15, 0.2) is 24.3 Å². The number of alkyl halides is 3. The summed E-state index contributed by atoms with van der Waals surface area (Å²) < 4.78 is 60.8. The lowest BCUT2D eigenvalue weighted by Gasteiger charge is -2.15. The highest BCUT2D eigenvalue weighted by Gasteiger charge is 2.36. The second kappa shape index (κ2) is 5.08. The zero-order chi connectivity index (χ0) is 15.0. The van der Waals surface area contributed by atoms with Gasteiger partial charge in [0, 0.05) is 6.04 Å². The first-order valence-electron chi connectivity index (χ1n) is 5.86. The minimum Gasteiger partial charge on any atom is -0.348 e. The molecule has 1 N–H and O–H groups in total. The number of nitrogens with one attached hydrogen (secondary N) is 1. The first kappa shape index (κ1) is 14.8. The van der Waals surface area contributed by atoms with Gasteiger partial charge in [0.2, 0.25) is 0 Å². The minimum absolute atomic E-state index is 0.0567. The average molecular weight is 307 g/mol. The highest BCUT2D eigenvalue weighted by atomic mass is 32.2. The van der Waals surface area contributed by atoms with Gasteiger partial charge in [-0.2, -0.15) is 13.2 Å². The molecule has 8 heteroatoms. The number of amides is 1. The van der Waals surface area contributed by atoms with E-state index in [4.69, 9.17) is 0 Å². The summed E-state index contributed by atoms with van der Waals surface area (Å²) in [5, 5.41) is 2.35. The van der Waals surface area contributed by atoms with Crippen LogP contribution in [0.2, 0.25) is 0 Å². The molecule has 1 saturated heterocycles. The molecule has 110 valence electrons. The van der Waals surface area contributed by atoms with Crippen LogP contribution in [0, 0.1) is 0 Å². The van der Waals surface area contributed by atoms with Gasteiger partial charge in [-0.3, -0.25) is 4.79 Å². The monoisotopic (exact) mass is 307 g/mol. The van der Waals surface area contributed by atoms with Gasteiger partial charge in [0.15, 0.2) is 9.84 Å². The predicted octanol–water partition coefficient (Wildman–Crippen LogP) is 1.62. The second-order valence-corrected chi connectivity index (χ2v) is 6.85. The maximum atomic E-state index is 12.8. The largest absolute Gasteiger partial charge is 0.417 e. The molecule has 1 aliphatic heterocycles. The zero-order valence-corrected chi connectivity index (χ0v) is 11.1. The summed E-state index contributed by atoms with van der Waals surface area (Å²) in [6.45, 7) is 0. The van der Waals surface area contributed by atoms with Gasteiger partial charge < -0.3 is 5.32 Å². The standard InChI is InChI=1S/C12H12F3NO3S/c13-12(14,15)10-4-2-1-3-9(10)11(17)16-8-5-6-20(18,19)7-8/h1-4,8H,5-7H2,(H,16,17)/t8-/m1/s1. The molecule has 0 unspecified atom stereocenters. The summed E-state index contributed by atoms with van der Waals surface area (Å²) >= 11 is 0. The van der Waals surface area contributed by atoms with E-state index in [0.717, 1.165) is 12.1 Å². The van der Waals surface area contributed by atoms with E-state index < -0.39 is 39.1 Å². The maximum Gasteiger partial charge on any atom is 0.417 e. The Morgan fingerprint density at radius 2 is 1.90 bits per heavy atom. The van der Waals surface area contributed by atoms with Crippen molar-refractivity contribution < 1.29 is 26.4 Å². The molecule has 1 aliphatic rings. The Kier molecular flexibility index (Phi) is 3.77.